The van der Waals surface area contributed by atoms with E-state index in [1.807, 2.05) is 17.8 Å². The number of amides is 1. The van der Waals surface area contributed by atoms with Crippen LogP contribution < -0.4 is 10.6 Å². The normalized spacial score (nSPS) is 17.6. The molecule has 1 aliphatic rings. The van der Waals surface area contributed by atoms with Crippen LogP contribution in [-0.2, 0) is 5.41 Å². The van der Waals surface area contributed by atoms with Crippen LogP contribution in [0.15, 0.2) is 30.6 Å². The van der Waals surface area contributed by atoms with Crippen LogP contribution in [0.25, 0.3) is 10.9 Å². The van der Waals surface area contributed by atoms with Gasteiger partial charge in [-0.25, -0.2) is 0 Å². The Morgan fingerprint density at radius 1 is 1.33 bits per heavy atom. The summed E-state index contributed by atoms with van der Waals surface area (Å²) in [7, 11) is 0. The van der Waals surface area contributed by atoms with E-state index in [0.717, 1.165) is 41.7 Å². The van der Waals surface area contributed by atoms with Gasteiger partial charge in [-0.1, -0.05) is 32.9 Å². The first kappa shape index (κ1) is 17.8. The topological polar surface area (TPSA) is 74.7 Å². The summed E-state index contributed by atoms with van der Waals surface area (Å²) >= 11 is 0. The van der Waals surface area contributed by atoms with Crippen molar-refractivity contribution in [3.05, 3.63) is 47.4 Å². The molecule has 0 aliphatic carbocycles. The Labute approximate surface area is 159 Å². The van der Waals surface area contributed by atoms with Gasteiger partial charge in [-0.2, -0.15) is 5.10 Å². The molecule has 27 heavy (non-hydrogen) atoms. The van der Waals surface area contributed by atoms with Gasteiger partial charge in [0.05, 0.1) is 17.9 Å². The Morgan fingerprint density at radius 3 is 2.85 bits per heavy atom. The van der Waals surface area contributed by atoms with Crippen LogP contribution in [-0.4, -0.2) is 33.8 Å². The van der Waals surface area contributed by atoms with Crippen molar-refractivity contribution in [3.8, 4) is 0 Å². The van der Waals surface area contributed by atoms with Crippen LogP contribution >= 0.6 is 0 Å². The molecule has 1 saturated heterocycles. The van der Waals surface area contributed by atoms with E-state index in [4.69, 9.17) is 0 Å². The van der Waals surface area contributed by atoms with E-state index in [1.165, 1.54) is 5.56 Å². The lowest BCUT2D eigenvalue weighted by Gasteiger charge is -2.18. The third-order valence-corrected chi connectivity index (χ3v) is 5.42. The molecule has 1 unspecified atom stereocenters. The highest BCUT2D eigenvalue weighted by Crippen LogP contribution is 2.29. The first-order chi connectivity index (χ1) is 12.8. The van der Waals surface area contributed by atoms with Crippen molar-refractivity contribution in [2.45, 2.75) is 45.6 Å². The number of carbonyl (C=O) groups is 1. The van der Waals surface area contributed by atoms with Crippen LogP contribution in [0.1, 0.15) is 54.8 Å². The standard InChI is InChI=1S/C21H27N5O/c1-13-17-6-5-14(21(2,3)4)9-18(17)25-19(13)20(27)24-15-10-23-26(12-15)16-7-8-22-11-16/h5-6,9-10,12,16,22,25H,7-8,11H2,1-4H3,(H,24,27). The second kappa shape index (κ2) is 6.53. The second-order valence-corrected chi connectivity index (χ2v) is 8.45. The first-order valence-corrected chi connectivity index (χ1v) is 9.52. The summed E-state index contributed by atoms with van der Waals surface area (Å²) in [6.07, 6.45) is 4.68. The molecule has 1 atom stereocenters. The smallest absolute Gasteiger partial charge is 0.272 e. The number of H-pyrrole nitrogens is 1. The number of nitrogens with zero attached hydrogens (tertiary/aromatic N) is 2. The molecule has 3 N–H and O–H groups in total. The third kappa shape index (κ3) is 3.37. The molecule has 3 aromatic rings. The van der Waals surface area contributed by atoms with Crippen molar-refractivity contribution in [3.63, 3.8) is 0 Å². The number of aryl methyl sites for hydroxylation is 1. The van der Waals surface area contributed by atoms with E-state index < -0.39 is 0 Å². The number of rotatable bonds is 3. The van der Waals surface area contributed by atoms with Crippen LogP contribution in [0, 0.1) is 6.92 Å². The molecule has 1 amide bonds. The fraction of sp³-hybridized carbons (Fsp3) is 0.429. The minimum Gasteiger partial charge on any atom is -0.350 e. The Hall–Kier alpha value is -2.60. The Kier molecular flexibility index (Phi) is 4.30. The monoisotopic (exact) mass is 365 g/mol. The summed E-state index contributed by atoms with van der Waals surface area (Å²) in [5, 5.41) is 11.8. The summed E-state index contributed by atoms with van der Waals surface area (Å²) in [4.78, 5) is 16.1. The lowest BCUT2D eigenvalue weighted by Crippen LogP contribution is -2.14. The van der Waals surface area contributed by atoms with E-state index in [1.54, 1.807) is 6.20 Å². The SMILES string of the molecule is Cc1c(C(=O)Nc2cnn(C3CCNC3)c2)[nH]c2cc(C(C)(C)C)ccc12. The van der Waals surface area contributed by atoms with Crippen molar-refractivity contribution >= 4 is 22.5 Å². The molecule has 4 rings (SSSR count). The lowest BCUT2D eigenvalue weighted by molar-refractivity contribution is 0.102. The highest BCUT2D eigenvalue weighted by atomic mass is 16.1. The Bertz CT molecular complexity index is 986. The number of carbonyl (C=O) groups excluding carboxylic acids is 1. The van der Waals surface area contributed by atoms with Crippen LogP contribution in [0.3, 0.4) is 0 Å². The highest BCUT2D eigenvalue weighted by Gasteiger charge is 2.20. The lowest BCUT2D eigenvalue weighted by atomic mass is 9.86. The molecule has 2 aromatic heterocycles. The molecule has 0 spiro atoms. The number of aromatic amines is 1. The number of nitrogens with one attached hydrogen (secondary N) is 3. The van der Waals surface area contributed by atoms with E-state index in [-0.39, 0.29) is 11.3 Å². The van der Waals surface area contributed by atoms with E-state index in [9.17, 15) is 4.79 Å². The van der Waals surface area contributed by atoms with Crippen LogP contribution in [0.2, 0.25) is 0 Å². The molecule has 0 radical (unpaired) electrons. The van der Waals surface area contributed by atoms with Crippen LogP contribution in [0.5, 0.6) is 0 Å². The van der Waals surface area contributed by atoms with Crippen molar-refractivity contribution in [2.24, 2.45) is 0 Å². The van der Waals surface area contributed by atoms with Gasteiger partial charge in [0, 0.05) is 23.6 Å². The van der Waals surface area contributed by atoms with Gasteiger partial charge < -0.3 is 15.6 Å². The minimum absolute atomic E-state index is 0.0688. The van der Waals surface area contributed by atoms with Gasteiger partial charge in [0.2, 0.25) is 0 Å². The second-order valence-electron chi connectivity index (χ2n) is 8.45. The molecule has 1 aromatic carbocycles. The van der Waals surface area contributed by atoms with Gasteiger partial charge in [0.1, 0.15) is 5.69 Å². The summed E-state index contributed by atoms with van der Waals surface area (Å²) < 4.78 is 1.93. The summed E-state index contributed by atoms with van der Waals surface area (Å²) in [6.45, 7) is 10.5. The van der Waals surface area contributed by atoms with Crippen molar-refractivity contribution in [1.29, 1.82) is 0 Å². The molecule has 0 bridgehead atoms. The predicted octanol–water partition coefficient (Wildman–Crippen LogP) is 3.76. The van der Waals surface area contributed by atoms with Crippen molar-refractivity contribution in [1.82, 2.24) is 20.1 Å². The predicted molar refractivity (Wildman–Crippen MR) is 108 cm³/mol. The van der Waals surface area contributed by atoms with Gasteiger partial charge in [0.15, 0.2) is 0 Å². The van der Waals surface area contributed by atoms with E-state index >= 15 is 0 Å². The Morgan fingerprint density at radius 2 is 2.15 bits per heavy atom. The average molecular weight is 365 g/mol. The molecule has 1 aliphatic heterocycles. The summed E-state index contributed by atoms with van der Waals surface area (Å²) in [6, 6.07) is 6.75. The fourth-order valence-corrected chi connectivity index (χ4v) is 3.69. The maximum absolute atomic E-state index is 12.8. The number of benzene rings is 1. The maximum atomic E-state index is 12.8. The number of hydrogen-bond donors (Lipinski definition) is 3. The van der Waals surface area contributed by atoms with Crippen molar-refractivity contribution < 1.29 is 4.79 Å². The third-order valence-electron chi connectivity index (χ3n) is 5.42. The van der Waals surface area contributed by atoms with Gasteiger partial charge >= 0.3 is 0 Å². The summed E-state index contributed by atoms with van der Waals surface area (Å²) in [5.74, 6) is -0.134. The largest absolute Gasteiger partial charge is 0.350 e. The van der Waals surface area contributed by atoms with Gasteiger partial charge in [0.25, 0.3) is 5.91 Å². The van der Waals surface area contributed by atoms with E-state index in [2.05, 4.69) is 59.7 Å². The first-order valence-electron chi connectivity index (χ1n) is 9.52. The van der Waals surface area contributed by atoms with Gasteiger partial charge in [-0.15, -0.1) is 0 Å². The highest BCUT2D eigenvalue weighted by molar-refractivity contribution is 6.07. The molecule has 6 heteroatoms. The van der Waals surface area contributed by atoms with Gasteiger partial charge in [-0.05, 0) is 42.5 Å². The quantitative estimate of drug-likeness (QED) is 0.662. The zero-order chi connectivity index (χ0) is 19.2. The van der Waals surface area contributed by atoms with Gasteiger partial charge in [-0.3, -0.25) is 9.48 Å². The van der Waals surface area contributed by atoms with Crippen LogP contribution in [0.4, 0.5) is 5.69 Å². The molecule has 1 fully saturated rings. The zero-order valence-electron chi connectivity index (χ0n) is 16.4. The minimum atomic E-state index is -0.134. The molecule has 3 heterocycles. The average Bonchev–Trinajstić information content (AvgIpc) is 3.34. The molecule has 142 valence electrons. The summed E-state index contributed by atoms with van der Waals surface area (Å²) in [5.41, 5.74) is 4.61. The molecular formula is C21H27N5O. The van der Waals surface area contributed by atoms with E-state index in [0.29, 0.717) is 11.7 Å². The number of anilines is 1. The number of hydrogen-bond acceptors (Lipinski definition) is 3. The number of fused-ring (bicyclic) bond motifs is 1. The molecular weight excluding hydrogens is 338 g/mol. The molecule has 6 nitrogen and oxygen atoms in total. The Balaban J connectivity index is 1.58. The number of aromatic nitrogens is 3. The zero-order valence-corrected chi connectivity index (χ0v) is 16.4. The maximum Gasteiger partial charge on any atom is 0.272 e. The fourth-order valence-electron chi connectivity index (χ4n) is 3.69. The van der Waals surface area contributed by atoms with Crippen molar-refractivity contribution in [2.75, 3.05) is 18.4 Å². The molecule has 0 saturated carbocycles.